The molecule has 1 aliphatic rings. The number of nitrogens with zero attached hydrogens (tertiary/aromatic N) is 3. The van der Waals surface area contributed by atoms with Crippen molar-refractivity contribution in [3.63, 3.8) is 0 Å². The first-order valence-corrected chi connectivity index (χ1v) is 8.61. The minimum Gasteiger partial charge on any atom is -0.494 e. The van der Waals surface area contributed by atoms with E-state index in [-0.39, 0.29) is 5.95 Å². The Bertz CT molecular complexity index is 862. The quantitative estimate of drug-likeness (QED) is 0.826. The molecule has 0 saturated carbocycles. The highest BCUT2D eigenvalue weighted by Crippen LogP contribution is 2.36. The third kappa shape index (κ3) is 3.42. The maximum Gasteiger partial charge on any atom is 0.410 e. The monoisotopic (exact) mass is 372 g/mol. The van der Waals surface area contributed by atoms with Gasteiger partial charge < -0.3 is 15.2 Å². The molecule has 2 aromatic rings. The number of nitrogen functional groups attached to an aromatic ring is 1. The Labute approximate surface area is 157 Å². The number of benzene rings is 1. The van der Waals surface area contributed by atoms with E-state index in [9.17, 15) is 4.79 Å². The molecule has 0 aliphatic carbocycles. The Morgan fingerprint density at radius 2 is 2.08 bits per heavy atom. The Balaban J connectivity index is 2.06. The number of nitrogens with two attached hydrogens (primary N) is 1. The van der Waals surface area contributed by atoms with Crippen molar-refractivity contribution in [3.8, 4) is 17.0 Å². The van der Waals surface area contributed by atoms with Gasteiger partial charge in [-0.05, 0) is 26.0 Å². The van der Waals surface area contributed by atoms with Crippen LogP contribution in [0.15, 0.2) is 12.1 Å². The molecule has 0 unspecified atom stereocenters. The topological polar surface area (TPSA) is 90.6 Å². The van der Waals surface area contributed by atoms with Crippen LogP contribution >= 0.6 is 11.6 Å². The molecule has 3 rings (SSSR count). The van der Waals surface area contributed by atoms with Gasteiger partial charge in [-0.15, -0.1) is 0 Å². The van der Waals surface area contributed by atoms with Crippen molar-refractivity contribution in [3.05, 3.63) is 28.4 Å². The van der Waals surface area contributed by atoms with Gasteiger partial charge in [-0.25, -0.2) is 14.8 Å². The predicted molar refractivity (Wildman–Crippen MR) is 99.7 cm³/mol. The Morgan fingerprint density at radius 1 is 1.31 bits per heavy atom. The molecular formula is C17H18BClN4O3. The second-order valence-corrected chi connectivity index (χ2v) is 6.12. The van der Waals surface area contributed by atoms with Gasteiger partial charge in [-0.2, -0.15) is 0 Å². The van der Waals surface area contributed by atoms with E-state index in [1.165, 1.54) is 0 Å². The van der Waals surface area contributed by atoms with Gasteiger partial charge in [0.15, 0.2) is 0 Å². The van der Waals surface area contributed by atoms with E-state index in [2.05, 4.69) is 9.97 Å². The van der Waals surface area contributed by atoms with E-state index in [1.807, 2.05) is 6.92 Å². The number of carbonyl (C=O) groups is 1. The number of carbonyl (C=O) groups excluding carboxylic acids is 1. The van der Waals surface area contributed by atoms with Crippen molar-refractivity contribution in [2.75, 3.05) is 18.9 Å². The molecule has 0 fully saturated rings. The zero-order valence-electron chi connectivity index (χ0n) is 14.6. The summed E-state index contributed by atoms with van der Waals surface area (Å²) in [7, 11) is 5.96. The third-order valence-electron chi connectivity index (χ3n) is 3.98. The minimum absolute atomic E-state index is 0.107. The SMILES string of the molecule is [B]c1cc(Cl)c(-c2nc(N)nc3c2CN(C(=O)OCC)C3)cc1OCC. The lowest BCUT2D eigenvalue weighted by Gasteiger charge is -2.15. The normalized spacial score (nSPS) is 12.8. The maximum absolute atomic E-state index is 12.1. The molecule has 0 bridgehead atoms. The Morgan fingerprint density at radius 3 is 2.77 bits per heavy atom. The summed E-state index contributed by atoms with van der Waals surface area (Å²) in [5, 5.41) is 0.417. The first-order valence-electron chi connectivity index (χ1n) is 8.23. The van der Waals surface area contributed by atoms with Crippen LogP contribution in [0.25, 0.3) is 11.3 Å². The van der Waals surface area contributed by atoms with Gasteiger partial charge in [0.25, 0.3) is 0 Å². The lowest BCUT2D eigenvalue weighted by Crippen LogP contribution is -2.26. The highest BCUT2D eigenvalue weighted by atomic mass is 35.5. The molecule has 134 valence electrons. The number of aromatic nitrogens is 2. The summed E-state index contributed by atoms with van der Waals surface area (Å²) >= 11 is 6.40. The molecule has 0 spiro atoms. The largest absolute Gasteiger partial charge is 0.494 e. The van der Waals surface area contributed by atoms with Gasteiger partial charge in [-0.3, -0.25) is 4.90 Å². The second-order valence-electron chi connectivity index (χ2n) is 5.71. The molecule has 2 N–H and O–H groups in total. The zero-order chi connectivity index (χ0) is 18.8. The summed E-state index contributed by atoms with van der Waals surface area (Å²) in [5.74, 6) is 0.619. The fourth-order valence-electron chi connectivity index (χ4n) is 2.87. The number of hydrogen-bond acceptors (Lipinski definition) is 6. The van der Waals surface area contributed by atoms with Crippen molar-refractivity contribution in [2.45, 2.75) is 26.9 Å². The van der Waals surface area contributed by atoms with Crippen LogP contribution in [0.2, 0.25) is 5.02 Å². The highest BCUT2D eigenvalue weighted by molar-refractivity contribution is 6.39. The van der Waals surface area contributed by atoms with E-state index in [0.717, 1.165) is 5.56 Å². The summed E-state index contributed by atoms with van der Waals surface area (Å²) in [6.45, 7) is 5.01. The fraction of sp³-hybridized carbons (Fsp3) is 0.353. The van der Waals surface area contributed by atoms with Gasteiger partial charge in [-0.1, -0.05) is 17.1 Å². The Hall–Kier alpha value is -2.48. The van der Waals surface area contributed by atoms with E-state index >= 15 is 0 Å². The van der Waals surface area contributed by atoms with Gasteiger partial charge >= 0.3 is 6.09 Å². The Kier molecular flexibility index (Phi) is 5.22. The van der Waals surface area contributed by atoms with Crippen molar-refractivity contribution in [1.82, 2.24) is 14.9 Å². The molecule has 1 aromatic carbocycles. The number of anilines is 1. The van der Waals surface area contributed by atoms with E-state index < -0.39 is 6.09 Å². The van der Waals surface area contributed by atoms with Crippen LogP contribution in [-0.2, 0) is 17.8 Å². The van der Waals surface area contributed by atoms with Gasteiger partial charge in [0, 0.05) is 16.1 Å². The summed E-state index contributed by atoms with van der Waals surface area (Å²) in [5.41, 5.74) is 8.94. The van der Waals surface area contributed by atoms with E-state index in [4.69, 9.17) is 34.7 Å². The van der Waals surface area contributed by atoms with E-state index in [0.29, 0.717) is 59.5 Å². The van der Waals surface area contributed by atoms with Crippen LogP contribution in [-0.4, -0.2) is 42.0 Å². The zero-order valence-corrected chi connectivity index (χ0v) is 15.3. The van der Waals surface area contributed by atoms with Crippen LogP contribution in [0, 0.1) is 0 Å². The molecule has 9 heteroatoms. The molecule has 2 heterocycles. The van der Waals surface area contributed by atoms with Crippen molar-refractivity contribution < 1.29 is 14.3 Å². The first kappa shape index (κ1) is 18.3. The molecule has 1 amide bonds. The number of fused-ring (bicyclic) bond motifs is 1. The number of rotatable bonds is 4. The predicted octanol–water partition coefficient (Wildman–Crippen LogP) is 2.04. The number of halogens is 1. The van der Waals surface area contributed by atoms with Crippen LogP contribution in [0.4, 0.5) is 10.7 Å². The van der Waals surface area contributed by atoms with Crippen LogP contribution in [0.3, 0.4) is 0 Å². The van der Waals surface area contributed by atoms with Gasteiger partial charge in [0.1, 0.15) is 13.6 Å². The van der Waals surface area contributed by atoms with Crippen molar-refractivity contribution in [1.29, 1.82) is 0 Å². The molecule has 26 heavy (non-hydrogen) atoms. The average Bonchev–Trinajstić information content (AvgIpc) is 3.01. The molecular weight excluding hydrogens is 354 g/mol. The molecule has 1 aromatic heterocycles. The van der Waals surface area contributed by atoms with E-state index in [1.54, 1.807) is 24.0 Å². The maximum atomic E-state index is 12.1. The van der Waals surface area contributed by atoms with Crippen molar-refractivity contribution >= 4 is 37.0 Å². The lowest BCUT2D eigenvalue weighted by atomic mass is 9.92. The van der Waals surface area contributed by atoms with Crippen LogP contribution in [0.1, 0.15) is 25.1 Å². The number of amides is 1. The summed E-state index contributed by atoms with van der Waals surface area (Å²) in [4.78, 5) is 22.2. The van der Waals surface area contributed by atoms with Gasteiger partial charge in [0.05, 0.1) is 37.7 Å². The molecule has 1 aliphatic heterocycles. The molecule has 2 radical (unpaired) electrons. The smallest absolute Gasteiger partial charge is 0.410 e. The highest BCUT2D eigenvalue weighted by Gasteiger charge is 2.30. The minimum atomic E-state index is -0.409. The second kappa shape index (κ2) is 7.41. The number of ether oxygens (including phenoxy) is 2. The van der Waals surface area contributed by atoms with Crippen LogP contribution in [0.5, 0.6) is 5.75 Å². The molecule has 0 atom stereocenters. The molecule has 0 saturated heterocycles. The fourth-order valence-corrected chi connectivity index (χ4v) is 3.13. The summed E-state index contributed by atoms with van der Waals surface area (Å²) < 4.78 is 10.6. The first-order chi connectivity index (χ1) is 12.4. The standard InChI is InChI=1S/C17H18BClN4O3/c1-3-25-14-5-9(12(19)6-11(14)18)15-10-7-23(17(24)26-4-2)8-13(10)21-16(20)22-15/h5-6H,3-4,7-8H2,1-2H3,(H2,20,21,22). The lowest BCUT2D eigenvalue weighted by molar-refractivity contribution is 0.106. The summed E-state index contributed by atoms with van der Waals surface area (Å²) in [6.07, 6.45) is -0.409. The van der Waals surface area contributed by atoms with Crippen LogP contribution < -0.4 is 15.9 Å². The molecule has 7 nitrogen and oxygen atoms in total. The summed E-state index contributed by atoms with van der Waals surface area (Å²) in [6, 6.07) is 3.35. The van der Waals surface area contributed by atoms with Crippen molar-refractivity contribution in [2.24, 2.45) is 0 Å². The average molecular weight is 373 g/mol. The third-order valence-corrected chi connectivity index (χ3v) is 4.29. The number of hydrogen-bond donors (Lipinski definition) is 1. The van der Waals surface area contributed by atoms with Gasteiger partial charge in [0.2, 0.25) is 5.95 Å².